The van der Waals surface area contributed by atoms with Crippen molar-refractivity contribution in [1.82, 2.24) is 10.6 Å². The zero-order valence-electron chi connectivity index (χ0n) is 12.2. The first-order valence-electron chi connectivity index (χ1n) is 6.70. The predicted molar refractivity (Wildman–Crippen MR) is 97.7 cm³/mol. The molecule has 2 amide bonds. The summed E-state index contributed by atoms with van der Waals surface area (Å²) in [6.07, 6.45) is 0. The minimum absolute atomic E-state index is 0.113. The summed E-state index contributed by atoms with van der Waals surface area (Å²) in [5, 5.41) is 8.13. The highest BCUT2D eigenvalue weighted by atomic mass is 79.9. The molecule has 23 heavy (non-hydrogen) atoms. The highest BCUT2D eigenvalue weighted by molar-refractivity contribution is 9.10. The summed E-state index contributed by atoms with van der Waals surface area (Å²) in [7, 11) is 1.55. The molecule has 7 heteroatoms. The Bertz CT molecular complexity index is 750. The molecule has 0 unspecified atom stereocenters. The van der Waals surface area contributed by atoms with Crippen LogP contribution in [0, 0.1) is 0 Å². The third-order valence-electron chi connectivity index (χ3n) is 2.96. The Morgan fingerprint density at radius 1 is 1.04 bits per heavy atom. The number of carbonyl (C=O) groups excluding carboxylic acids is 2. The van der Waals surface area contributed by atoms with E-state index >= 15 is 0 Å². The lowest BCUT2D eigenvalue weighted by Crippen LogP contribution is -2.34. The molecular weight excluding hydrogens is 378 g/mol. The zero-order valence-corrected chi connectivity index (χ0v) is 14.6. The van der Waals surface area contributed by atoms with Gasteiger partial charge < -0.3 is 10.6 Å². The van der Waals surface area contributed by atoms with E-state index < -0.39 is 0 Å². The monoisotopic (exact) mass is 391 g/mol. The van der Waals surface area contributed by atoms with Gasteiger partial charge in [0.15, 0.2) is 5.11 Å². The molecule has 0 radical (unpaired) electrons. The van der Waals surface area contributed by atoms with Crippen molar-refractivity contribution in [3.63, 3.8) is 0 Å². The average Bonchev–Trinajstić information content (AvgIpc) is 2.55. The number of amides is 2. The van der Waals surface area contributed by atoms with E-state index in [-0.39, 0.29) is 16.9 Å². The van der Waals surface area contributed by atoms with E-state index in [1.54, 1.807) is 49.5 Å². The van der Waals surface area contributed by atoms with E-state index in [9.17, 15) is 9.59 Å². The quantitative estimate of drug-likeness (QED) is 0.703. The van der Waals surface area contributed by atoms with Crippen molar-refractivity contribution < 1.29 is 9.59 Å². The SMILES string of the molecule is CNC(=O)c1ccc(Br)cc1NC(=S)NC(=O)c1ccccc1. The molecule has 0 aliphatic heterocycles. The van der Waals surface area contributed by atoms with Gasteiger partial charge in [-0.05, 0) is 42.5 Å². The fourth-order valence-corrected chi connectivity index (χ4v) is 2.43. The molecule has 0 bridgehead atoms. The van der Waals surface area contributed by atoms with Crippen LogP contribution in [0.4, 0.5) is 5.69 Å². The number of nitrogens with one attached hydrogen (secondary N) is 3. The molecule has 2 rings (SSSR count). The van der Waals surface area contributed by atoms with Crippen LogP contribution >= 0.6 is 28.1 Å². The lowest BCUT2D eigenvalue weighted by molar-refractivity contribution is 0.0961. The molecule has 0 fully saturated rings. The van der Waals surface area contributed by atoms with Gasteiger partial charge in [0.25, 0.3) is 11.8 Å². The van der Waals surface area contributed by atoms with Crippen LogP contribution in [0.25, 0.3) is 0 Å². The number of anilines is 1. The van der Waals surface area contributed by atoms with Crippen molar-refractivity contribution in [2.75, 3.05) is 12.4 Å². The summed E-state index contributed by atoms with van der Waals surface area (Å²) >= 11 is 8.49. The van der Waals surface area contributed by atoms with E-state index in [1.807, 2.05) is 6.07 Å². The first-order chi connectivity index (χ1) is 11.0. The van der Waals surface area contributed by atoms with Gasteiger partial charge in [0.2, 0.25) is 0 Å². The van der Waals surface area contributed by atoms with Crippen LogP contribution in [0.15, 0.2) is 53.0 Å². The van der Waals surface area contributed by atoms with Gasteiger partial charge in [0.1, 0.15) is 0 Å². The Kier molecular flexibility index (Phi) is 5.84. The smallest absolute Gasteiger partial charge is 0.257 e. The van der Waals surface area contributed by atoms with E-state index in [0.717, 1.165) is 4.47 Å². The Balaban J connectivity index is 2.13. The van der Waals surface area contributed by atoms with Crippen LogP contribution in [0.5, 0.6) is 0 Å². The van der Waals surface area contributed by atoms with Gasteiger partial charge in [-0.15, -0.1) is 0 Å². The number of hydrogen-bond donors (Lipinski definition) is 3. The van der Waals surface area contributed by atoms with E-state index in [0.29, 0.717) is 16.8 Å². The maximum absolute atomic E-state index is 12.1. The van der Waals surface area contributed by atoms with Crippen LogP contribution < -0.4 is 16.0 Å². The van der Waals surface area contributed by atoms with Gasteiger partial charge in [0.05, 0.1) is 11.3 Å². The minimum atomic E-state index is -0.320. The Morgan fingerprint density at radius 3 is 2.39 bits per heavy atom. The molecule has 0 aliphatic rings. The number of carbonyl (C=O) groups is 2. The number of hydrogen-bond acceptors (Lipinski definition) is 3. The molecule has 2 aromatic carbocycles. The molecule has 0 aromatic heterocycles. The second-order valence-electron chi connectivity index (χ2n) is 4.54. The number of halogens is 1. The second-order valence-corrected chi connectivity index (χ2v) is 5.87. The summed E-state index contributed by atoms with van der Waals surface area (Å²) in [5.41, 5.74) is 1.42. The fourth-order valence-electron chi connectivity index (χ4n) is 1.87. The van der Waals surface area contributed by atoms with Gasteiger partial charge in [-0.3, -0.25) is 14.9 Å². The van der Waals surface area contributed by atoms with Gasteiger partial charge in [-0.2, -0.15) is 0 Å². The van der Waals surface area contributed by atoms with Crippen LogP contribution in [0.1, 0.15) is 20.7 Å². The van der Waals surface area contributed by atoms with Crippen LogP contribution in [0.3, 0.4) is 0 Å². The van der Waals surface area contributed by atoms with Gasteiger partial charge >= 0.3 is 0 Å². The van der Waals surface area contributed by atoms with Crippen LogP contribution in [0.2, 0.25) is 0 Å². The molecule has 118 valence electrons. The topological polar surface area (TPSA) is 70.2 Å². The number of thiocarbonyl (C=S) groups is 1. The van der Waals surface area contributed by atoms with Crippen molar-refractivity contribution >= 4 is 50.8 Å². The maximum Gasteiger partial charge on any atom is 0.257 e. The van der Waals surface area contributed by atoms with Gasteiger partial charge in [-0.1, -0.05) is 34.1 Å². The Morgan fingerprint density at radius 2 is 1.74 bits per heavy atom. The maximum atomic E-state index is 12.1. The van der Waals surface area contributed by atoms with E-state index in [2.05, 4.69) is 31.9 Å². The molecule has 2 aromatic rings. The highest BCUT2D eigenvalue weighted by Crippen LogP contribution is 2.21. The molecule has 0 saturated heterocycles. The average molecular weight is 392 g/mol. The summed E-state index contributed by atoms with van der Waals surface area (Å²) in [6, 6.07) is 13.9. The largest absolute Gasteiger partial charge is 0.355 e. The highest BCUT2D eigenvalue weighted by Gasteiger charge is 2.13. The van der Waals surface area contributed by atoms with Crippen molar-refractivity contribution in [1.29, 1.82) is 0 Å². The first kappa shape index (κ1) is 17.1. The molecule has 3 N–H and O–H groups in total. The van der Waals surface area contributed by atoms with Gasteiger partial charge in [0, 0.05) is 17.1 Å². The standard InChI is InChI=1S/C16H14BrN3O2S/c1-18-15(22)12-8-7-11(17)9-13(12)19-16(23)20-14(21)10-5-3-2-4-6-10/h2-9H,1H3,(H,18,22)(H2,19,20,21,23). The minimum Gasteiger partial charge on any atom is -0.355 e. The van der Waals surface area contributed by atoms with Crippen LogP contribution in [-0.2, 0) is 0 Å². The lowest BCUT2D eigenvalue weighted by Gasteiger charge is -2.13. The van der Waals surface area contributed by atoms with Crippen molar-refractivity contribution in [3.05, 3.63) is 64.1 Å². The van der Waals surface area contributed by atoms with E-state index in [4.69, 9.17) is 12.2 Å². The first-order valence-corrected chi connectivity index (χ1v) is 7.90. The van der Waals surface area contributed by atoms with Crippen LogP contribution in [-0.4, -0.2) is 24.0 Å². The molecule has 0 spiro atoms. The third-order valence-corrected chi connectivity index (χ3v) is 3.66. The third kappa shape index (κ3) is 4.61. The Labute approximate surface area is 147 Å². The Hall–Kier alpha value is -2.25. The van der Waals surface area contributed by atoms with Crippen molar-refractivity contribution in [2.24, 2.45) is 0 Å². The van der Waals surface area contributed by atoms with Crippen molar-refractivity contribution in [3.8, 4) is 0 Å². The lowest BCUT2D eigenvalue weighted by atomic mass is 10.1. The fraction of sp³-hybridized carbons (Fsp3) is 0.0625. The normalized spacial score (nSPS) is 9.83. The van der Waals surface area contributed by atoms with E-state index in [1.165, 1.54) is 0 Å². The molecule has 0 saturated carbocycles. The van der Waals surface area contributed by atoms with Crippen molar-refractivity contribution in [2.45, 2.75) is 0 Å². The molecule has 0 heterocycles. The molecule has 0 atom stereocenters. The predicted octanol–water partition coefficient (Wildman–Crippen LogP) is 2.94. The molecule has 5 nitrogen and oxygen atoms in total. The zero-order chi connectivity index (χ0) is 16.8. The number of rotatable bonds is 3. The molecular formula is C16H14BrN3O2S. The van der Waals surface area contributed by atoms with Gasteiger partial charge in [-0.25, -0.2) is 0 Å². The molecule has 0 aliphatic carbocycles. The summed E-state index contributed by atoms with van der Waals surface area (Å²) in [6.45, 7) is 0. The summed E-state index contributed by atoms with van der Waals surface area (Å²) < 4.78 is 0.782. The number of benzene rings is 2. The summed E-state index contributed by atoms with van der Waals surface area (Å²) in [4.78, 5) is 23.9. The summed E-state index contributed by atoms with van der Waals surface area (Å²) in [5.74, 6) is -0.572. The second kappa shape index (κ2) is 7.85.